The number of aliphatic imine (C=N–C) groups is 1. The van der Waals surface area contributed by atoms with Crippen LogP contribution in [-0.2, 0) is 0 Å². The van der Waals surface area contributed by atoms with Crippen molar-refractivity contribution in [2.24, 2.45) is 4.99 Å². The van der Waals surface area contributed by atoms with Gasteiger partial charge < -0.3 is 14.6 Å². The lowest BCUT2D eigenvalue weighted by molar-refractivity contribution is 0.0803. The van der Waals surface area contributed by atoms with Gasteiger partial charge in [0.2, 0.25) is 0 Å². The number of halogens is 2. The molecule has 1 aromatic heterocycles. The highest BCUT2D eigenvalue weighted by Gasteiger charge is 2.37. The molecule has 2 aliphatic rings. The molecule has 5 nitrogen and oxygen atoms in total. The maximum atomic E-state index is 12.9. The largest absolute Gasteiger partial charge is 0.493 e. The van der Waals surface area contributed by atoms with E-state index < -0.39 is 13.0 Å². The van der Waals surface area contributed by atoms with Gasteiger partial charge in [-0.2, -0.15) is 0 Å². The third kappa shape index (κ3) is 4.44. The number of fused-ring (bicyclic) bond motifs is 3. The second-order valence-corrected chi connectivity index (χ2v) is 9.80. The molecule has 2 aromatic carbocycles. The van der Waals surface area contributed by atoms with E-state index in [0.29, 0.717) is 18.6 Å². The van der Waals surface area contributed by atoms with Crippen LogP contribution in [0.25, 0.3) is 11.3 Å². The highest BCUT2D eigenvalue weighted by molar-refractivity contribution is 7.09. The summed E-state index contributed by atoms with van der Waals surface area (Å²) in [5.41, 5.74) is 5.55. The van der Waals surface area contributed by atoms with Crippen LogP contribution < -0.4 is 9.47 Å². The Morgan fingerprint density at radius 3 is 2.56 bits per heavy atom. The zero-order valence-corrected chi connectivity index (χ0v) is 19.8. The van der Waals surface area contributed by atoms with Gasteiger partial charge in [0.05, 0.1) is 35.7 Å². The Morgan fingerprint density at radius 1 is 1.12 bits per heavy atom. The Bertz CT molecular complexity index is 1210. The van der Waals surface area contributed by atoms with E-state index in [-0.39, 0.29) is 23.8 Å². The predicted molar refractivity (Wildman–Crippen MR) is 129 cm³/mol. The molecule has 1 saturated carbocycles. The summed E-state index contributed by atoms with van der Waals surface area (Å²) in [4.78, 5) is 9.65. The molecule has 0 amide bonds. The molecule has 1 aliphatic heterocycles. The van der Waals surface area contributed by atoms with E-state index in [4.69, 9.17) is 14.5 Å². The monoisotopic (exact) mass is 484 g/mol. The second kappa shape index (κ2) is 9.43. The van der Waals surface area contributed by atoms with Gasteiger partial charge >= 0.3 is 0 Å². The van der Waals surface area contributed by atoms with E-state index in [0.717, 1.165) is 45.1 Å². The zero-order valence-electron chi connectivity index (χ0n) is 19.0. The Balaban J connectivity index is 1.58. The first-order valence-electron chi connectivity index (χ1n) is 11.3. The average Bonchev–Trinajstić information content (AvgIpc) is 3.28. The molecule has 1 aliphatic carbocycles. The van der Waals surface area contributed by atoms with Gasteiger partial charge in [0.25, 0.3) is 6.43 Å². The molecule has 3 aromatic rings. The van der Waals surface area contributed by atoms with E-state index >= 15 is 0 Å². The fourth-order valence-corrected chi connectivity index (χ4v) is 5.52. The van der Waals surface area contributed by atoms with Crippen molar-refractivity contribution < 1.29 is 23.4 Å². The fraction of sp³-hybridized carbons (Fsp3) is 0.385. The van der Waals surface area contributed by atoms with Crippen LogP contribution in [0.4, 0.5) is 8.78 Å². The van der Waals surface area contributed by atoms with Crippen molar-refractivity contribution in [3.8, 4) is 22.8 Å². The number of rotatable bonds is 6. The highest BCUT2D eigenvalue weighted by atomic mass is 32.1. The summed E-state index contributed by atoms with van der Waals surface area (Å²) in [6.07, 6.45) is -0.864. The Labute approximate surface area is 201 Å². The van der Waals surface area contributed by atoms with Crippen LogP contribution in [0.3, 0.4) is 0 Å². The summed E-state index contributed by atoms with van der Waals surface area (Å²) in [6, 6.07) is 11.8. The molecular weight excluding hydrogens is 458 g/mol. The van der Waals surface area contributed by atoms with Crippen molar-refractivity contribution in [1.82, 2.24) is 4.98 Å². The number of hydrogen-bond donors (Lipinski definition) is 1. The van der Waals surface area contributed by atoms with Crippen molar-refractivity contribution in [3.63, 3.8) is 0 Å². The molecule has 34 heavy (non-hydrogen) atoms. The summed E-state index contributed by atoms with van der Waals surface area (Å²) < 4.78 is 36.6. The first-order chi connectivity index (χ1) is 16.4. The lowest BCUT2D eigenvalue weighted by atomic mass is 9.74. The quantitative estimate of drug-likeness (QED) is 0.493. The van der Waals surface area contributed by atoms with Crippen LogP contribution in [-0.4, -0.2) is 48.1 Å². The van der Waals surface area contributed by atoms with Gasteiger partial charge in [-0.3, -0.25) is 4.99 Å². The number of aliphatic hydroxyl groups is 1. The molecule has 0 saturated heterocycles. The third-order valence-corrected chi connectivity index (χ3v) is 7.28. The van der Waals surface area contributed by atoms with Crippen molar-refractivity contribution >= 4 is 17.0 Å². The molecule has 3 atom stereocenters. The number of aliphatic hydroxyl groups excluding tert-OH is 1. The number of hydrogen-bond acceptors (Lipinski definition) is 6. The predicted octanol–water partition coefficient (Wildman–Crippen LogP) is 5.62. The number of aryl methyl sites for hydroxylation is 1. The molecule has 1 N–H and O–H groups in total. The van der Waals surface area contributed by atoms with Crippen molar-refractivity contribution in [3.05, 3.63) is 63.5 Å². The summed E-state index contributed by atoms with van der Waals surface area (Å²) in [7, 11) is 1.50. The van der Waals surface area contributed by atoms with Gasteiger partial charge in [-0.15, -0.1) is 11.3 Å². The Kier molecular flexibility index (Phi) is 6.36. The van der Waals surface area contributed by atoms with Gasteiger partial charge in [0, 0.05) is 28.0 Å². The summed E-state index contributed by atoms with van der Waals surface area (Å²) in [5.74, 6) is 0.713. The lowest BCUT2D eigenvalue weighted by Crippen LogP contribution is -2.34. The minimum absolute atomic E-state index is 0.0396. The van der Waals surface area contributed by atoms with Crippen molar-refractivity contribution in [2.75, 3.05) is 13.7 Å². The van der Waals surface area contributed by atoms with Crippen LogP contribution >= 0.6 is 11.3 Å². The molecule has 0 radical (unpaired) electrons. The summed E-state index contributed by atoms with van der Waals surface area (Å²) >= 11 is 1.61. The molecule has 2 heterocycles. The maximum Gasteiger partial charge on any atom is 0.272 e. The Hall–Kier alpha value is -2.84. The van der Waals surface area contributed by atoms with E-state index in [2.05, 4.69) is 4.98 Å². The van der Waals surface area contributed by atoms with Crippen LogP contribution in [0, 0.1) is 6.92 Å². The minimum atomic E-state index is -2.59. The normalized spacial score (nSPS) is 21.6. The van der Waals surface area contributed by atoms with Gasteiger partial charge in [-0.05, 0) is 43.9 Å². The standard InChI is InChI=1S/C26H26F2N2O3S/c1-14-29-22(13-34-14)15-3-5-16(6-4-15)26-20-11-24(33-12-25(27)28)23(32-2)10-18(20)19-9-17(31)7-8-21(19)30-26/h3-6,10-11,13,17,19,21,25,31H,7-9,12H2,1-2H3. The number of thiazole rings is 1. The van der Waals surface area contributed by atoms with Gasteiger partial charge in [-0.1, -0.05) is 24.3 Å². The average molecular weight is 485 g/mol. The minimum Gasteiger partial charge on any atom is -0.493 e. The zero-order chi connectivity index (χ0) is 23.8. The van der Waals surface area contributed by atoms with Crippen LogP contribution in [0.15, 0.2) is 46.8 Å². The summed E-state index contributed by atoms with van der Waals surface area (Å²) in [5, 5.41) is 13.4. The molecule has 0 bridgehead atoms. The smallest absolute Gasteiger partial charge is 0.272 e. The number of aromatic nitrogens is 1. The molecule has 5 rings (SSSR count). The topological polar surface area (TPSA) is 63.9 Å². The first kappa shape index (κ1) is 22.9. The second-order valence-electron chi connectivity index (χ2n) is 8.74. The number of nitrogens with zero attached hydrogens (tertiary/aromatic N) is 2. The van der Waals surface area contributed by atoms with E-state index in [1.807, 2.05) is 42.6 Å². The lowest BCUT2D eigenvalue weighted by Gasteiger charge is -2.37. The van der Waals surface area contributed by atoms with Gasteiger partial charge in [-0.25, -0.2) is 13.8 Å². The van der Waals surface area contributed by atoms with Crippen molar-refractivity contribution in [2.45, 2.75) is 50.7 Å². The number of methoxy groups -OCH3 is 1. The molecular formula is C26H26F2N2O3S. The van der Waals surface area contributed by atoms with E-state index in [9.17, 15) is 13.9 Å². The van der Waals surface area contributed by atoms with Gasteiger partial charge in [0.15, 0.2) is 11.5 Å². The maximum absolute atomic E-state index is 12.9. The Morgan fingerprint density at radius 2 is 1.88 bits per heavy atom. The molecule has 8 heteroatoms. The molecule has 0 spiro atoms. The van der Waals surface area contributed by atoms with Crippen LogP contribution in [0.2, 0.25) is 0 Å². The third-order valence-electron chi connectivity index (χ3n) is 6.51. The van der Waals surface area contributed by atoms with Gasteiger partial charge in [0.1, 0.15) is 6.61 Å². The van der Waals surface area contributed by atoms with E-state index in [1.165, 1.54) is 7.11 Å². The number of ether oxygens (including phenoxy) is 2. The van der Waals surface area contributed by atoms with E-state index in [1.54, 1.807) is 17.4 Å². The highest BCUT2D eigenvalue weighted by Crippen LogP contribution is 2.45. The molecule has 3 unspecified atom stereocenters. The van der Waals surface area contributed by atoms with Crippen molar-refractivity contribution in [1.29, 1.82) is 0 Å². The summed E-state index contributed by atoms with van der Waals surface area (Å²) in [6.45, 7) is 1.27. The number of benzene rings is 2. The molecule has 1 fully saturated rings. The van der Waals surface area contributed by atoms with Crippen LogP contribution in [0.1, 0.15) is 46.9 Å². The number of alkyl halides is 2. The molecule has 178 valence electrons. The first-order valence-corrected chi connectivity index (χ1v) is 12.2. The fourth-order valence-electron chi connectivity index (χ4n) is 4.89. The SMILES string of the molecule is COc1cc2c(cc1OCC(F)F)C(c1ccc(-c3csc(C)n3)cc1)=NC1CCC(O)CC21. The van der Waals surface area contributed by atoms with Crippen LogP contribution in [0.5, 0.6) is 11.5 Å².